The fourth-order valence-corrected chi connectivity index (χ4v) is 2.34. The molecule has 1 aromatic heterocycles. The van der Waals surface area contributed by atoms with Crippen LogP contribution >= 0.6 is 0 Å². The molecule has 1 aliphatic carbocycles. The average molecular weight is 206 g/mol. The number of rotatable bonds is 3. The van der Waals surface area contributed by atoms with Crippen molar-refractivity contribution in [2.75, 3.05) is 0 Å². The zero-order valence-corrected chi connectivity index (χ0v) is 9.19. The summed E-state index contributed by atoms with van der Waals surface area (Å²) in [7, 11) is 0. The molecule has 0 saturated heterocycles. The average Bonchev–Trinajstić information content (AvgIpc) is 2.70. The molecule has 1 aromatic rings. The molecule has 82 valence electrons. The van der Waals surface area contributed by atoms with Crippen molar-refractivity contribution in [1.82, 2.24) is 9.97 Å². The number of aromatic nitrogens is 2. The summed E-state index contributed by atoms with van der Waals surface area (Å²) in [6, 6.07) is 1.81. The van der Waals surface area contributed by atoms with E-state index in [-0.39, 0.29) is 0 Å². The third-order valence-electron chi connectivity index (χ3n) is 3.17. The molecule has 0 aromatic carbocycles. The summed E-state index contributed by atoms with van der Waals surface area (Å²) in [6.07, 6.45) is 7.34. The van der Waals surface area contributed by atoms with Gasteiger partial charge in [0.05, 0.1) is 11.8 Å². The predicted molar refractivity (Wildman–Crippen MR) is 58.3 cm³/mol. The van der Waals surface area contributed by atoms with Crippen molar-refractivity contribution in [1.29, 1.82) is 0 Å². The molecule has 0 aliphatic heterocycles. The summed E-state index contributed by atoms with van der Waals surface area (Å²) in [5.41, 5.74) is 0.773. The predicted octanol–water partition coefficient (Wildman–Crippen LogP) is 2.40. The largest absolute Gasteiger partial charge is 0.387 e. The summed E-state index contributed by atoms with van der Waals surface area (Å²) in [6.45, 7) is 1.85. The van der Waals surface area contributed by atoms with Crippen LogP contribution in [-0.4, -0.2) is 15.1 Å². The Bertz CT molecular complexity index is 321. The van der Waals surface area contributed by atoms with Gasteiger partial charge >= 0.3 is 0 Å². The van der Waals surface area contributed by atoms with Crippen LogP contribution in [0.15, 0.2) is 12.3 Å². The molecule has 0 radical (unpaired) electrons. The highest BCUT2D eigenvalue weighted by atomic mass is 16.3. The van der Waals surface area contributed by atoms with E-state index in [1.807, 2.05) is 13.0 Å². The molecule has 1 heterocycles. The first-order valence-corrected chi connectivity index (χ1v) is 5.73. The van der Waals surface area contributed by atoms with Crippen molar-refractivity contribution < 1.29 is 5.11 Å². The van der Waals surface area contributed by atoms with Gasteiger partial charge in [-0.2, -0.15) is 0 Å². The van der Waals surface area contributed by atoms with Gasteiger partial charge in [0.2, 0.25) is 0 Å². The Morgan fingerprint density at radius 3 is 2.87 bits per heavy atom. The summed E-state index contributed by atoms with van der Waals surface area (Å²) in [5, 5.41) is 10.0. The molecular weight excluding hydrogens is 188 g/mol. The van der Waals surface area contributed by atoms with Crippen LogP contribution in [0.25, 0.3) is 0 Å². The first-order valence-electron chi connectivity index (χ1n) is 5.73. The maximum absolute atomic E-state index is 10.0. The normalized spacial score (nSPS) is 19.3. The number of aliphatic hydroxyl groups is 1. The summed E-state index contributed by atoms with van der Waals surface area (Å²) < 4.78 is 0. The van der Waals surface area contributed by atoms with Crippen LogP contribution in [0.5, 0.6) is 0 Å². The third kappa shape index (κ3) is 2.75. The quantitative estimate of drug-likeness (QED) is 0.826. The fraction of sp³-hybridized carbons (Fsp3) is 0.667. The number of hydrogen-bond acceptors (Lipinski definition) is 3. The lowest BCUT2D eigenvalue weighted by Gasteiger charge is -2.14. The first-order chi connectivity index (χ1) is 7.25. The smallest absolute Gasteiger partial charge is 0.125 e. The molecule has 2 rings (SSSR count). The van der Waals surface area contributed by atoms with Crippen LogP contribution in [0.2, 0.25) is 0 Å². The Labute approximate surface area is 90.6 Å². The van der Waals surface area contributed by atoms with Crippen molar-refractivity contribution in [2.45, 2.75) is 45.1 Å². The molecule has 15 heavy (non-hydrogen) atoms. The number of hydrogen-bond donors (Lipinski definition) is 1. The molecule has 1 N–H and O–H groups in total. The molecular formula is C12H18N2O. The van der Waals surface area contributed by atoms with Crippen LogP contribution in [0.4, 0.5) is 0 Å². The van der Waals surface area contributed by atoms with E-state index in [4.69, 9.17) is 0 Å². The van der Waals surface area contributed by atoms with Gasteiger partial charge in [-0.15, -0.1) is 0 Å². The van der Waals surface area contributed by atoms with Crippen molar-refractivity contribution in [3.05, 3.63) is 23.8 Å². The molecule has 1 fully saturated rings. The molecule has 1 atom stereocenters. The van der Waals surface area contributed by atoms with Gasteiger partial charge in [-0.05, 0) is 25.3 Å². The van der Waals surface area contributed by atoms with Crippen LogP contribution in [0.3, 0.4) is 0 Å². The monoisotopic (exact) mass is 206 g/mol. The lowest BCUT2D eigenvalue weighted by atomic mass is 9.98. The highest BCUT2D eigenvalue weighted by molar-refractivity contribution is 5.05. The molecule has 0 spiro atoms. The van der Waals surface area contributed by atoms with Gasteiger partial charge in [-0.1, -0.05) is 25.7 Å². The SMILES string of the molecule is Cc1nccc(C(O)CC2CCCC2)n1. The minimum absolute atomic E-state index is 0.408. The second-order valence-corrected chi connectivity index (χ2v) is 4.43. The summed E-state index contributed by atoms with van der Waals surface area (Å²) in [5.74, 6) is 1.42. The zero-order chi connectivity index (χ0) is 10.7. The Kier molecular flexibility index (Phi) is 3.31. The fourth-order valence-electron chi connectivity index (χ4n) is 2.34. The second kappa shape index (κ2) is 4.71. The van der Waals surface area contributed by atoms with E-state index < -0.39 is 6.10 Å². The minimum atomic E-state index is -0.408. The Morgan fingerprint density at radius 2 is 2.20 bits per heavy atom. The molecule has 1 aliphatic rings. The summed E-state index contributed by atoms with van der Waals surface area (Å²) in [4.78, 5) is 8.29. The zero-order valence-electron chi connectivity index (χ0n) is 9.19. The van der Waals surface area contributed by atoms with E-state index in [9.17, 15) is 5.11 Å². The van der Waals surface area contributed by atoms with E-state index in [2.05, 4.69) is 9.97 Å². The standard InChI is InChI=1S/C12H18N2O/c1-9-13-7-6-11(14-9)12(15)8-10-4-2-3-5-10/h6-7,10,12,15H,2-5,8H2,1H3. The van der Waals surface area contributed by atoms with E-state index in [1.54, 1.807) is 6.20 Å². The lowest BCUT2D eigenvalue weighted by molar-refractivity contribution is 0.140. The molecule has 0 amide bonds. The maximum atomic E-state index is 10.0. The number of aryl methyl sites for hydroxylation is 1. The van der Waals surface area contributed by atoms with Gasteiger partial charge in [0.1, 0.15) is 5.82 Å². The Hall–Kier alpha value is -0.960. The van der Waals surface area contributed by atoms with Crippen molar-refractivity contribution in [2.24, 2.45) is 5.92 Å². The Balaban J connectivity index is 1.97. The maximum Gasteiger partial charge on any atom is 0.125 e. The Morgan fingerprint density at radius 1 is 1.47 bits per heavy atom. The van der Waals surface area contributed by atoms with Crippen LogP contribution in [-0.2, 0) is 0 Å². The van der Waals surface area contributed by atoms with Gasteiger partial charge in [-0.25, -0.2) is 9.97 Å². The van der Waals surface area contributed by atoms with Gasteiger partial charge < -0.3 is 5.11 Å². The summed E-state index contributed by atoms with van der Waals surface area (Å²) >= 11 is 0. The molecule has 1 saturated carbocycles. The van der Waals surface area contributed by atoms with Crippen LogP contribution in [0, 0.1) is 12.8 Å². The van der Waals surface area contributed by atoms with Gasteiger partial charge in [-0.3, -0.25) is 0 Å². The van der Waals surface area contributed by atoms with Crippen molar-refractivity contribution in [3.63, 3.8) is 0 Å². The van der Waals surface area contributed by atoms with E-state index in [1.165, 1.54) is 25.7 Å². The number of nitrogens with zero attached hydrogens (tertiary/aromatic N) is 2. The highest BCUT2D eigenvalue weighted by Gasteiger charge is 2.20. The molecule has 1 unspecified atom stereocenters. The number of aliphatic hydroxyl groups excluding tert-OH is 1. The molecule has 3 nitrogen and oxygen atoms in total. The molecule has 3 heteroatoms. The van der Waals surface area contributed by atoms with Crippen LogP contribution < -0.4 is 0 Å². The van der Waals surface area contributed by atoms with E-state index >= 15 is 0 Å². The van der Waals surface area contributed by atoms with E-state index in [0.29, 0.717) is 5.92 Å². The van der Waals surface area contributed by atoms with Crippen LogP contribution in [0.1, 0.15) is 49.7 Å². The van der Waals surface area contributed by atoms with Gasteiger partial charge in [0, 0.05) is 6.20 Å². The van der Waals surface area contributed by atoms with Gasteiger partial charge in [0.25, 0.3) is 0 Å². The van der Waals surface area contributed by atoms with Gasteiger partial charge in [0.15, 0.2) is 0 Å². The minimum Gasteiger partial charge on any atom is -0.387 e. The topological polar surface area (TPSA) is 46.0 Å². The second-order valence-electron chi connectivity index (χ2n) is 4.43. The lowest BCUT2D eigenvalue weighted by Crippen LogP contribution is -2.07. The highest BCUT2D eigenvalue weighted by Crippen LogP contribution is 2.32. The van der Waals surface area contributed by atoms with Crippen molar-refractivity contribution in [3.8, 4) is 0 Å². The third-order valence-corrected chi connectivity index (χ3v) is 3.17. The van der Waals surface area contributed by atoms with Crippen molar-refractivity contribution >= 4 is 0 Å². The van der Waals surface area contributed by atoms with E-state index in [0.717, 1.165) is 17.9 Å². The molecule has 0 bridgehead atoms. The first kappa shape index (κ1) is 10.6.